The predicted molar refractivity (Wildman–Crippen MR) is 85.6 cm³/mol. The summed E-state index contributed by atoms with van der Waals surface area (Å²) in [5.74, 6) is -0.578. The van der Waals surface area contributed by atoms with E-state index in [-0.39, 0.29) is 35.9 Å². The third-order valence-electron chi connectivity index (χ3n) is 3.57. The Hall–Kier alpha value is -0.880. The standard InChI is InChI=1S/C14H19ClFN3O.ClH/c15-12-7-10(16)4-5-13(12)18-14(20)9-19-6-2-1-3-11(19)8-17;/h4-5,7,11H,1-3,6,8-9,17H2,(H,18,20);1H. The minimum absolute atomic E-state index is 0. The van der Waals surface area contributed by atoms with Crippen LogP contribution in [-0.2, 0) is 4.79 Å². The average Bonchev–Trinajstić information content (AvgIpc) is 2.42. The Labute approximate surface area is 135 Å². The van der Waals surface area contributed by atoms with E-state index in [9.17, 15) is 9.18 Å². The van der Waals surface area contributed by atoms with Gasteiger partial charge in [0.05, 0.1) is 17.3 Å². The lowest BCUT2D eigenvalue weighted by atomic mass is 10.0. The molecule has 1 atom stereocenters. The molecule has 4 nitrogen and oxygen atoms in total. The highest BCUT2D eigenvalue weighted by molar-refractivity contribution is 6.33. The third-order valence-corrected chi connectivity index (χ3v) is 3.89. The number of halogens is 3. The lowest BCUT2D eigenvalue weighted by Crippen LogP contribution is -2.47. The van der Waals surface area contributed by atoms with Gasteiger partial charge in [-0.3, -0.25) is 9.69 Å². The second-order valence-electron chi connectivity index (χ2n) is 5.03. The maximum absolute atomic E-state index is 12.9. The molecule has 1 fully saturated rings. The molecule has 1 aliphatic rings. The van der Waals surface area contributed by atoms with Crippen LogP contribution in [0.4, 0.5) is 10.1 Å². The highest BCUT2D eigenvalue weighted by atomic mass is 35.5. The van der Waals surface area contributed by atoms with Crippen molar-refractivity contribution in [2.24, 2.45) is 5.73 Å². The van der Waals surface area contributed by atoms with Crippen LogP contribution in [0.15, 0.2) is 18.2 Å². The van der Waals surface area contributed by atoms with Crippen LogP contribution in [0.25, 0.3) is 0 Å². The van der Waals surface area contributed by atoms with Gasteiger partial charge in [-0.1, -0.05) is 18.0 Å². The van der Waals surface area contributed by atoms with Gasteiger partial charge in [0.2, 0.25) is 5.91 Å². The van der Waals surface area contributed by atoms with Crippen molar-refractivity contribution in [2.45, 2.75) is 25.3 Å². The first kappa shape index (κ1) is 18.2. The number of rotatable bonds is 4. The number of carbonyl (C=O) groups is 1. The molecule has 1 amide bonds. The van der Waals surface area contributed by atoms with Crippen LogP contribution in [0, 0.1) is 5.82 Å². The van der Waals surface area contributed by atoms with Crippen molar-refractivity contribution >= 4 is 35.6 Å². The van der Waals surface area contributed by atoms with Gasteiger partial charge in [-0.05, 0) is 37.6 Å². The molecule has 0 radical (unpaired) electrons. The van der Waals surface area contributed by atoms with Crippen LogP contribution >= 0.6 is 24.0 Å². The quantitative estimate of drug-likeness (QED) is 0.889. The van der Waals surface area contributed by atoms with Crippen LogP contribution in [0.3, 0.4) is 0 Å². The first-order chi connectivity index (χ1) is 9.60. The molecule has 7 heteroatoms. The second-order valence-corrected chi connectivity index (χ2v) is 5.44. The number of likely N-dealkylation sites (tertiary alicyclic amines) is 1. The van der Waals surface area contributed by atoms with Crippen molar-refractivity contribution in [1.29, 1.82) is 0 Å². The SMILES string of the molecule is Cl.NCC1CCCCN1CC(=O)Nc1ccc(F)cc1Cl. The largest absolute Gasteiger partial charge is 0.329 e. The van der Waals surface area contributed by atoms with Crippen LogP contribution in [0.5, 0.6) is 0 Å². The monoisotopic (exact) mass is 335 g/mol. The topological polar surface area (TPSA) is 58.4 Å². The van der Waals surface area contributed by atoms with E-state index in [1.54, 1.807) is 0 Å². The summed E-state index contributed by atoms with van der Waals surface area (Å²) in [6, 6.07) is 4.18. The molecule has 1 unspecified atom stereocenters. The molecule has 1 aliphatic heterocycles. The minimum atomic E-state index is -0.424. The van der Waals surface area contributed by atoms with Crippen molar-refractivity contribution in [3.63, 3.8) is 0 Å². The molecule has 21 heavy (non-hydrogen) atoms. The number of piperidine rings is 1. The van der Waals surface area contributed by atoms with E-state index in [2.05, 4.69) is 10.2 Å². The van der Waals surface area contributed by atoms with Crippen molar-refractivity contribution in [2.75, 3.05) is 25.0 Å². The van der Waals surface area contributed by atoms with Crippen molar-refractivity contribution in [3.05, 3.63) is 29.0 Å². The molecule has 1 aromatic carbocycles. The van der Waals surface area contributed by atoms with Gasteiger partial charge >= 0.3 is 0 Å². The first-order valence-electron chi connectivity index (χ1n) is 6.79. The summed E-state index contributed by atoms with van der Waals surface area (Å²) in [6.45, 7) is 1.73. The number of amides is 1. The summed E-state index contributed by atoms with van der Waals surface area (Å²) < 4.78 is 12.9. The molecule has 3 N–H and O–H groups in total. The zero-order valence-electron chi connectivity index (χ0n) is 11.6. The molecule has 1 heterocycles. The van der Waals surface area contributed by atoms with Gasteiger partial charge in [0, 0.05) is 12.6 Å². The van der Waals surface area contributed by atoms with Gasteiger partial charge < -0.3 is 11.1 Å². The van der Waals surface area contributed by atoms with E-state index >= 15 is 0 Å². The van der Waals surface area contributed by atoms with Crippen molar-refractivity contribution in [3.8, 4) is 0 Å². The van der Waals surface area contributed by atoms with Gasteiger partial charge in [-0.25, -0.2) is 4.39 Å². The Morgan fingerprint density at radius 1 is 1.48 bits per heavy atom. The minimum Gasteiger partial charge on any atom is -0.329 e. The van der Waals surface area contributed by atoms with E-state index in [4.69, 9.17) is 17.3 Å². The molecule has 0 saturated carbocycles. The fourth-order valence-electron chi connectivity index (χ4n) is 2.50. The zero-order valence-corrected chi connectivity index (χ0v) is 13.2. The van der Waals surface area contributed by atoms with E-state index < -0.39 is 5.82 Å². The molecule has 1 saturated heterocycles. The number of anilines is 1. The fraction of sp³-hybridized carbons (Fsp3) is 0.500. The fourth-order valence-corrected chi connectivity index (χ4v) is 2.71. The van der Waals surface area contributed by atoms with Gasteiger partial charge in [0.1, 0.15) is 5.82 Å². The molecule has 2 rings (SSSR count). The van der Waals surface area contributed by atoms with E-state index in [1.165, 1.54) is 18.2 Å². The summed E-state index contributed by atoms with van der Waals surface area (Å²) in [5.41, 5.74) is 6.16. The van der Waals surface area contributed by atoms with E-state index in [0.29, 0.717) is 12.2 Å². The molecular formula is C14H20Cl2FN3O. The predicted octanol–water partition coefficient (Wildman–Crippen LogP) is 2.65. The third kappa shape index (κ3) is 5.11. The normalized spacial score (nSPS) is 18.9. The number of hydrogen-bond acceptors (Lipinski definition) is 3. The number of benzene rings is 1. The van der Waals surface area contributed by atoms with Crippen molar-refractivity contribution in [1.82, 2.24) is 4.90 Å². The average molecular weight is 336 g/mol. The first-order valence-corrected chi connectivity index (χ1v) is 7.17. The summed E-state index contributed by atoms with van der Waals surface area (Å²) >= 11 is 5.88. The Kier molecular flexibility index (Phi) is 7.39. The van der Waals surface area contributed by atoms with Crippen LogP contribution < -0.4 is 11.1 Å². The van der Waals surface area contributed by atoms with Crippen LogP contribution in [0.1, 0.15) is 19.3 Å². The molecule has 0 bridgehead atoms. The molecule has 0 aromatic heterocycles. The highest BCUT2D eigenvalue weighted by Crippen LogP contribution is 2.22. The number of hydrogen-bond donors (Lipinski definition) is 2. The summed E-state index contributed by atoms with van der Waals surface area (Å²) in [4.78, 5) is 14.1. The van der Waals surface area contributed by atoms with Gasteiger partial charge in [-0.2, -0.15) is 0 Å². The molecule has 118 valence electrons. The highest BCUT2D eigenvalue weighted by Gasteiger charge is 2.23. The second kappa shape index (κ2) is 8.54. The van der Waals surface area contributed by atoms with E-state index in [1.807, 2.05) is 0 Å². The van der Waals surface area contributed by atoms with Gasteiger partial charge in [0.25, 0.3) is 0 Å². The number of nitrogens with one attached hydrogen (secondary N) is 1. The lowest BCUT2D eigenvalue weighted by molar-refractivity contribution is -0.118. The summed E-state index contributed by atoms with van der Waals surface area (Å²) in [6.07, 6.45) is 3.27. The summed E-state index contributed by atoms with van der Waals surface area (Å²) in [7, 11) is 0. The Bertz CT molecular complexity index is 487. The van der Waals surface area contributed by atoms with Crippen molar-refractivity contribution < 1.29 is 9.18 Å². The number of carbonyl (C=O) groups excluding carboxylic acids is 1. The molecular weight excluding hydrogens is 316 g/mol. The Morgan fingerprint density at radius 3 is 2.90 bits per heavy atom. The van der Waals surface area contributed by atoms with E-state index in [0.717, 1.165) is 25.8 Å². The maximum atomic E-state index is 12.9. The Balaban J connectivity index is 0.00000220. The maximum Gasteiger partial charge on any atom is 0.238 e. The Morgan fingerprint density at radius 2 is 2.24 bits per heavy atom. The molecule has 0 spiro atoms. The van der Waals surface area contributed by atoms with Gasteiger partial charge in [-0.15, -0.1) is 12.4 Å². The smallest absolute Gasteiger partial charge is 0.238 e. The number of nitrogens with zero attached hydrogens (tertiary/aromatic N) is 1. The molecule has 1 aromatic rings. The zero-order chi connectivity index (χ0) is 14.5. The van der Waals surface area contributed by atoms with Crippen LogP contribution in [-0.4, -0.2) is 36.5 Å². The number of nitrogens with two attached hydrogens (primary N) is 1. The van der Waals surface area contributed by atoms with Crippen LogP contribution in [0.2, 0.25) is 5.02 Å². The summed E-state index contributed by atoms with van der Waals surface area (Å²) in [5, 5.41) is 2.91. The lowest BCUT2D eigenvalue weighted by Gasteiger charge is -2.34. The van der Waals surface area contributed by atoms with Gasteiger partial charge in [0.15, 0.2) is 0 Å². The molecule has 0 aliphatic carbocycles.